The summed E-state index contributed by atoms with van der Waals surface area (Å²) in [5, 5.41) is 4.05. The Morgan fingerprint density at radius 2 is 2.10 bits per heavy atom. The van der Waals surface area contributed by atoms with E-state index >= 15 is 0 Å². The Labute approximate surface area is 124 Å². The third kappa shape index (κ3) is 3.08. The standard InChI is InChI=1S/C16H21N3O2/c1-20-14-9-5-4-8-12(14)16-18-15(21-19-16)10-13(17)11-6-2-3-7-11/h4-5,8-9,11,13H,2-3,6-7,10,17H2,1H3. The van der Waals surface area contributed by atoms with Gasteiger partial charge in [0.05, 0.1) is 12.7 Å². The number of ether oxygens (including phenoxy) is 1. The Bertz CT molecular complexity index is 591. The fraction of sp³-hybridized carbons (Fsp3) is 0.500. The number of nitrogens with zero attached hydrogens (tertiary/aromatic N) is 2. The quantitative estimate of drug-likeness (QED) is 0.915. The lowest BCUT2D eigenvalue weighted by molar-refractivity contribution is 0.341. The minimum absolute atomic E-state index is 0.110. The summed E-state index contributed by atoms with van der Waals surface area (Å²) >= 11 is 0. The van der Waals surface area contributed by atoms with Crippen LogP contribution in [0.1, 0.15) is 31.6 Å². The van der Waals surface area contributed by atoms with Gasteiger partial charge >= 0.3 is 0 Å². The topological polar surface area (TPSA) is 74.2 Å². The van der Waals surface area contributed by atoms with Crippen LogP contribution in [0.3, 0.4) is 0 Å². The van der Waals surface area contributed by atoms with Gasteiger partial charge in [-0.2, -0.15) is 4.98 Å². The first-order valence-corrected chi connectivity index (χ1v) is 7.49. The van der Waals surface area contributed by atoms with E-state index in [1.165, 1.54) is 25.7 Å². The van der Waals surface area contributed by atoms with Gasteiger partial charge in [-0.1, -0.05) is 30.1 Å². The molecular formula is C16H21N3O2. The molecule has 1 heterocycles. The van der Waals surface area contributed by atoms with Gasteiger partial charge in [-0.25, -0.2) is 0 Å². The van der Waals surface area contributed by atoms with Gasteiger partial charge in [-0.3, -0.25) is 0 Å². The molecule has 0 spiro atoms. The fourth-order valence-electron chi connectivity index (χ4n) is 3.03. The highest BCUT2D eigenvalue weighted by Gasteiger charge is 2.24. The molecule has 1 atom stereocenters. The van der Waals surface area contributed by atoms with E-state index in [9.17, 15) is 0 Å². The molecule has 3 rings (SSSR count). The lowest BCUT2D eigenvalue weighted by Crippen LogP contribution is -2.30. The molecule has 1 unspecified atom stereocenters. The third-order valence-electron chi connectivity index (χ3n) is 4.23. The number of para-hydroxylation sites is 1. The van der Waals surface area contributed by atoms with Gasteiger partial charge in [0.2, 0.25) is 11.7 Å². The first-order valence-electron chi connectivity index (χ1n) is 7.49. The Kier molecular flexibility index (Phi) is 4.20. The third-order valence-corrected chi connectivity index (χ3v) is 4.23. The summed E-state index contributed by atoms with van der Waals surface area (Å²) in [7, 11) is 1.63. The highest BCUT2D eigenvalue weighted by Crippen LogP contribution is 2.29. The van der Waals surface area contributed by atoms with Gasteiger partial charge in [0, 0.05) is 12.5 Å². The molecule has 0 aliphatic heterocycles. The molecular weight excluding hydrogens is 266 g/mol. The van der Waals surface area contributed by atoms with E-state index in [1.54, 1.807) is 7.11 Å². The van der Waals surface area contributed by atoms with Crippen molar-refractivity contribution in [1.29, 1.82) is 0 Å². The predicted molar refractivity (Wildman–Crippen MR) is 79.9 cm³/mol. The van der Waals surface area contributed by atoms with Crippen LogP contribution in [0.25, 0.3) is 11.4 Å². The van der Waals surface area contributed by atoms with Crippen molar-refractivity contribution in [3.63, 3.8) is 0 Å². The summed E-state index contributed by atoms with van der Waals surface area (Å²) < 4.78 is 10.7. The van der Waals surface area contributed by atoms with E-state index in [4.69, 9.17) is 15.0 Å². The van der Waals surface area contributed by atoms with Crippen molar-refractivity contribution in [1.82, 2.24) is 10.1 Å². The average Bonchev–Trinajstić information content (AvgIpc) is 3.18. The van der Waals surface area contributed by atoms with Gasteiger partial charge in [0.15, 0.2) is 0 Å². The number of hydrogen-bond acceptors (Lipinski definition) is 5. The molecule has 0 amide bonds. The van der Waals surface area contributed by atoms with E-state index in [0.717, 1.165) is 11.3 Å². The van der Waals surface area contributed by atoms with Crippen molar-refractivity contribution in [2.75, 3.05) is 7.11 Å². The molecule has 1 aliphatic rings. The second-order valence-corrected chi connectivity index (χ2v) is 5.62. The molecule has 0 saturated heterocycles. The predicted octanol–water partition coefficient (Wildman–Crippen LogP) is 2.81. The smallest absolute Gasteiger partial charge is 0.228 e. The molecule has 5 heteroatoms. The first kappa shape index (κ1) is 14.1. The zero-order chi connectivity index (χ0) is 14.7. The van der Waals surface area contributed by atoms with Crippen LogP contribution in [0.4, 0.5) is 0 Å². The SMILES string of the molecule is COc1ccccc1-c1noc(CC(N)C2CCCC2)n1. The van der Waals surface area contributed by atoms with Crippen molar-refractivity contribution in [2.45, 2.75) is 38.1 Å². The van der Waals surface area contributed by atoms with Crippen LogP contribution in [0.2, 0.25) is 0 Å². The molecule has 21 heavy (non-hydrogen) atoms. The summed E-state index contributed by atoms with van der Waals surface area (Å²) in [5.74, 6) is 2.49. The van der Waals surface area contributed by atoms with Crippen molar-refractivity contribution in [3.8, 4) is 17.1 Å². The largest absolute Gasteiger partial charge is 0.496 e. The fourth-order valence-corrected chi connectivity index (χ4v) is 3.03. The molecule has 1 saturated carbocycles. The number of benzene rings is 1. The van der Waals surface area contributed by atoms with E-state index in [0.29, 0.717) is 24.1 Å². The summed E-state index contributed by atoms with van der Waals surface area (Å²) in [5.41, 5.74) is 7.10. The first-order chi connectivity index (χ1) is 10.3. The number of methoxy groups -OCH3 is 1. The Hall–Kier alpha value is -1.88. The molecule has 112 valence electrons. The highest BCUT2D eigenvalue weighted by molar-refractivity contribution is 5.63. The summed E-state index contributed by atoms with van der Waals surface area (Å²) in [6.45, 7) is 0. The van der Waals surface area contributed by atoms with Gasteiger partial charge < -0.3 is 15.0 Å². The van der Waals surface area contributed by atoms with Crippen LogP contribution in [-0.2, 0) is 6.42 Å². The molecule has 1 aromatic carbocycles. The Morgan fingerprint density at radius 1 is 1.33 bits per heavy atom. The maximum Gasteiger partial charge on any atom is 0.228 e. The lowest BCUT2D eigenvalue weighted by Gasteiger charge is -2.16. The number of rotatable bonds is 5. The van der Waals surface area contributed by atoms with Crippen molar-refractivity contribution in [2.24, 2.45) is 11.7 Å². The second kappa shape index (κ2) is 6.26. The molecule has 0 radical (unpaired) electrons. The van der Waals surface area contributed by atoms with E-state index in [-0.39, 0.29) is 6.04 Å². The minimum atomic E-state index is 0.110. The van der Waals surface area contributed by atoms with E-state index < -0.39 is 0 Å². The highest BCUT2D eigenvalue weighted by atomic mass is 16.5. The van der Waals surface area contributed by atoms with Crippen molar-refractivity contribution >= 4 is 0 Å². The molecule has 2 N–H and O–H groups in total. The Balaban J connectivity index is 1.74. The monoisotopic (exact) mass is 287 g/mol. The van der Waals surface area contributed by atoms with Crippen molar-refractivity contribution in [3.05, 3.63) is 30.2 Å². The summed E-state index contributed by atoms with van der Waals surface area (Å²) in [6, 6.07) is 7.76. The van der Waals surface area contributed by atoms with Gasteiger partial charge in [0.1, 0.15) is 5.75 Å². The van der Waals surface area contributed by atoms with Gasteiger partial charge in [0.25, 0.3) is 0 Å². The minimum Gasteiger partial charge on any atom is -0.496 e. The zero-order valence-electron chi connectivity index (χ0n) is 12.3. The second-order valence-electron chi connectivity index (χ2n) is 5.62. The summed E-state index contributed by atoms with van der Waals surface area (Å²) in [4.78, 5) is 4.46. The molecule has 1 fully saturated rings. The molecule has 1 aromatic heterocycles. The van der Waals surface area contributed by atoms with Gasteiger partial charge in [-0.15, -0.1) is 0 Å². The van der Waals surface area contributed by atoms with Crippen LogP contribution in [0, 0.1) is 5.92 Å². The molecule has 0 bridgehead atoms. The van der Waals surface area contributed by atoms with E-state index in [2.05, 4.69) is 10.1 Å². The normalized spacial score (nSPS) is 17.0. The molecule has 5 nitrogen and oxygen atoms in total. The average molecular weight is 287 g/mol. The van der Waals surface area contributed by atoms with E-state index in [1.807, 2.05) is 24.3 Å². The molecule has 2 aromatic rings. The number of aromatic nitrogens is 2. The number of hydrogen-bond donors (Lipinski definition) is 1. The van der Waals surface area contributed by atoms with Gasteiger partial charge in [-0.05, 0) is 30.9 Å². The van der Waals surface area contributed by atoms with Crippen LogP contribution >= 0.6 is 0 Å². The lowest BCUT2D eigenvalue weighted by atomic mass is 9.96. The summed E-state index contributed by atoms with van der Waals surface area (Å²) in [6.07, 6.45) is 5.65. The maximum atomic E-state index is 6.26. The van der Waals surface area contributed by atoms with Crippen LogP contribution < -0.4 is 10.5 Å². The zero-order valence-corrected chi connectivity index (χ0v) is 12.3. The van der Waals surface area contributed by atoms with Crippen LogP contribution in [-0.4, -0.2) is 23.3 Å². The number of nitrogens with two attached hydrogens (primary N) is 1. The Morgan fingerprint density at radius 3 is 2.86 bits per heavy atom. The van der Waals surface area contributed by atoms with Crippen molar-refractivity contribution < 1.29 is 9.26 Å². The van der Waals surface area contributed by atoms with Crippen LogP contribution in [0.5, 0.6) is 5.75 Å². The maximum absolute atomic E-state index is 6.26. The molecule has 1 aliphatic carbocycles. The van der Waals surface area contributed by atoms with Crippen LogP contribution in [0.15, 0.2) is 28.8 Å².